The van der Waals surface area contributed by atoms with Gasteiger partial charge in [-0.1, -0.05) is 0 Å². The third-order valence-corrected chi connectivity index (χ3v) is 6.02. The summed E-state index contributed by atoms with van der Waals surface area (Å²) in [4.78, 5) is 15.3. The number of hydrogen-bond donors (Lipinski definition) is 2. The van der Waals surface area contributed by atoms with Gasteiger partial charge in [0, 0.05) is 35.7 Å². The van der Waals surface area contributed by atoms with Crippen LogP contribution in [-0.4, -0.2) is 45.4 Å². The topological polar surface area (TPSA) is 86.0 Å². The molecule has 0 spiro atoms. The lowest BCUT2D eigenvalue weighted by Gasteiger charge is -2.32. The first-order chi connectivity index (χ1) is 16.0. The van der Waals surface area contributed by atoms with Crippen LogP contribution in [0.2, 0.25) is 0 Å². The molecular formula is C25H29N3O4S. The zero-order valence-electron chi connectivity index (χ0n) is 19.1. The van der Waals surface area contributed by atoms with E-state index in [0.29, 0.717) is 48.9 Å². The lowest BCUT2D eigenvalue weighted by atomic mass is 9.96. The van der Waals surface area contributed by atoms with Gasteiger partial charge in [-0.25, -0.2) is 0 Å². The number of nitrogens with zero attached hydrogens (tertiary/aromatic N) is 1. The Hall–Kier alpha value is -3.19. The number of thiophene rings is 1. The number of anilines is 1. The van der Waals surface area contributed by atoms with E-state index in [1.165, 1.54) is 0 Å². The SMILES string of the molecule is COc1cc2c(cc1OC(C)C)C1=C(CO2)C(C(=O)NCCCN)=C=CCN1c1ccsc1. The maximum Gasteiger partial charge on any atom is 0.259 e. The van der Waals surface area contributed by atoms with Crippen molar-refractivity contribution in [2.24, 2.45) is 5.73 Å². The van der Waals surface area contributed by atoms with Crippen molar-refractivity contribution in [1.29, 1.82) is 0 Å². The molecule has 3 heterocycles. The molecule has 2 aromatic rings. The van der Waals surface area contributed by atoms with Crippen molar-refractivity contribution in [3.8, 4) is 17.2 Å². The summed E-state index contributed by atoms with van der Waals surface area (Å²) in [6.07, 6.45) is 2.58. The van der Waals surface area contributed by atoms with Crippen LogP contribution < -0.4 is 30.2 Å². The Balaban J connectivity index is 1.86. The smallest absolute Gasteiger partial charge is 0.259 e. The highest BCUT2D eigenvalue weighted by molar-refractivity contribution is 7.08. The molecule has 3 N–H and O–H groups in total. The van der Waals surface area contributed by atoms with Crippen LogP contribution in [0.25, 0.3) is 5.70 Å². The average molecular weight is 468 g/mol. The van der Waals surface area contributed by atoms with Crippen molar-refractivity contribution in [1.82, 2.24) is 5.32 Å². The molecule has 8 heteroatoms. The lowest BCUT2D eigenvalue weighted by Crippen LogP contribution is -2.31. The van der Waals surface area contributed by atoms with Gasteiger partial charge < -0.3 is 30.2 Å². The summed E-state index contributed by atoms with van der Waals surface area (Å²) in [5.41, 5.74) is 12.9. The molecule has 174 valence electrons. The summed E-state index contributed by atoms with van der Waals surface area (Å²) in [7, 11) is 1.61. The fourth-order valence-corrected chi connectivity index (χ4v) is 4.53. The lowest BCUT2D eigenvalue weighted by molar-refractivity contribution is -0.117. The van der Waals surface area contributed by atoms with Gasteiger partial charge in [0.2, 0.25) is 0 Å². The molecule has 1 aromatic carbocycles. The fourth-order valence-electron chi connectivity index (χ4n) is 3.89. The Morgan fingerprint density at radius 2 is 2.21 bits per heavy atom. The number of nitrogens with one attached hydrogen (secondary N) is 1. The standard InChI is InChI=1S/C25H29N3O4S/c1-16(2)32-23-12-19-21(13-22(23)30-3)31-14-20-18(25(29)27-9-5-8-26)6-4-10-28(24(19)20)17-7-11-33-15-17/h4,7,11-13,15-16H,5,8-10,14,26H2,1-3H3,(H,27,29). The highest BCUT2D eigenvalue weighted by Gasteiger charge is 2.32. The molecule has 0 aliphatic carbocycles. The second kappa shape index (κ2) is 10.2. The zero-order chi connectivity index (χ0) is 23.4. The van der Waals surface area contributed by atoms with Gasteiger partial charge in [0.25, 0.3) is 5.91 Å². The van der Waals surface area contributed by atoms with E-state index < -0.39 is 0 Å². The predicted molar refractivity (Wildman–Crippen MR) is 131 cm³/mol. The number of amides is 1. The number of rotatable bonds is 8. The van der Waals surface area contributed by atoms with Crippen molar-refractivity contribution < 1.29 is 19.0 Å². The molecule has 4 rings (SSSR count). The Morgan fingerprint density at radius 1 is 1.36 bits per heavy atom. The molecule has 1 aromatic heterocycles. The van der Waals surface area contributed by atoms with E-state index >= 15 is 0 Å². The molecule has 0 radical (unpaired) electrons. The number of nitrogens with two attached hydrogens (primary N) is 1. The average Bonchev–Trinajstić information content (AvgIpc) is 3.26. The van der Waals surface area contributed by atoms with E-state index in [-0.39, 0.29) is 18.6 Å². The van der Waals surface area contributed by atoms with Crippen LogP contribution in [0.15, 0.2) is 51.9 Å². The van der Waals surface area contributed by atoms with Gasteiger partial charge in [-0.05, 0) is 50.4 Å². The number of methoxy groups -OCH3 is 1. The van der Waals surface area contributed by atoms with Crippen molar-refractivity contribution in [2.45, 2.75) is 26.4 Å². The molecule has 0 unspecified atom stereocenters. The second-order valence-electron chi connectivity index (χ2n) is 8.00. The van der Waals surface area contributed by atoms with Crippen LogP contribution in [0.1, 0.15) is 25.8 Å². The van der Waals surface area contributed by atoms with E-state index in [2.05, 4.69) is 27.4 Å². The molecule has 0 saturated carbocycles. The Labute approximate surface area is 198 Å². The maximum atomic E-state index is 13.1. The van der Waals surface area contributed by atoms with Gasteiger partial charge in [0.1, 0.15) is 12.4 Å². The third-order valence-electron chi connectivity index (χ3n) is 5.34. The first-order valence-corrected chi connectivity index (χ1v) is 12.0. The number of hydrogen-bond acceptors (Lipinski definition) is 7. The molecule has 33 heavy (non-hydrogen) atoms. The minimum Gasteiger partial charge on any atom is -0.493 e. The summed E-state index contributed by atoms with van der Waals surface area (Å²) >= 11 is 1.63. The Morgan fingerprint density at radius 3 is 2.91 bits per heavy atom. The van der Waals surface area contributed by atoms with Gasteiger partial charge in [-0.15, -0.1) is 5.73 Å². The van der Waals surface area contributed by atoms with E-state index in [1.807, 2.05) is 37.4 Å². The molecule has 1 amide bonds. The van der Waals surface area contributed by atoms with Crippen LogP contribution in [0.3, 0.4) is 0 Å². The number of benzene rings is 1. The van der Waals surface area contributed by atoms with E-state index in [0.717, 1.165) is 22.5 Å². The number of fused-ring (bicyclic) bond motifs is 2. The van der Waals surface area contributed by atoms with Gasteiger partial charge in [0.05, 0.1) is 30.2 Å². The summed E-state index contributed by atoms with van der Waals surface area (Å²) in [5.74, 6) is 1.74. The van der Waals surface area contributed by atoms with Crippen LogP contribution >= 0.6 is 11.3 Å². The first-order valence-electron chi connectivity index (χ1n) is 11.0. The predicted octanol–water partition coefficient (Wildman–Crippen LogP) is 3.71. The molecule has 7 nitrogen and oxygen atoms in total. The normalized spacial score (nSPS) is 14.8. The molecule has 2 aliphatic rings. The minimum absolute atomic E-state index is 0.0255. The molecule has 0 atom stereocenters. The van der Waals surface area contributed by atoms with Crippen molar-refractivity contribution in [3.05, 3.63) is 57.5 Å². The third kappa shape index (κ3) is 4.78. The molecular weight excluding hydrogens is 438 g/mol. The summed E-state index contributed by atoms with van der Waals surface area (Å²) in [5, 5.41) is 7.09. The van der Waals surface area contributed by atoms with Crippen molar-refractivity contribution in [2.75, 3.05) is 38.3 Å². The highest BCUT2D eigenvalue weighted by Crippen LogP contribution is 2.45. The monoisotopic (exact) mass is 467 g/mol. The Kier molecular flexibility index (Phi) is 7.08. The maximum absolute atomic E-state index is 13.1. The Bertz CT molecular complexity index is 1110. The molecule has 0 bridgehead atoms. The van der Waals surface area contributed by atoms with E-state index in [9.17, 15) is 4.79 Å². The molecule has 0 saturated heterocycles. The number of ether oxygens (including phenoxy) is 3. The summed E-state index contributed by atoms with van der Waals surface area (Å²) in [6.45, 7) is 5.79. The zero-order valence-corrected chi connectivity index (χ0v) is 20.0. The molecule has 0 fully saturated rings. The van der Waals surface area contributed by atoms with Crippen molar-refractivity contribution in [3.63, 3.8) is 0 Å². The first kappa shape index (κ1) is 23.0. The second-order valence-corrected chi connectivity index (χ2v) is 8.78. The van der Waals surface area contributed by atoms with Crippen LogP contribution in [-0.2, 0) is 4.79 Å². The number of carbonyl (C=O) groups is 1. The molecule has 2 aliphatic heterocycles. The van der Waals surface area contributed by atoms with Gasteiger partial charge >= 0.3 is 0 Å². The van der Waals surface area contributed by atoms with Gasteiger partial charge in [-0.3, -0.25) is 4.79 Å². The fraction of sp³-hybridized carbons (Fsp3) is 0.360. The number of carbonyl (C=O) groups excluding carboxylic acids is 1. The quantitative estimate of drug-likeness (QED) is 0.455. The van der Waals surface area contributed by atoms with Crippen LogP contribution in [0.5, 0.6) is 17.2 Å². The summed E-state index contributed by atoms with van der Waals surface area (Å²) < 4.78 is 17.7. The van der Waals surface area contributed by atoms with Crippen LogP contribution in [0.4, 0.5) is 5.69 Å². The van der Waals surface area contributed by atoms with E-state index in [4.69, 9.17) is 19.9 Å². The minimum atomic E-state index is -0.182. The van der Waals surface area contributed by atoms with Crippen LogP contribution in [0, 0.1) is 0 Å². The highest BCUT2D eigenvalue weighted by atomic mass is 32.1. The van der Waals surface area contributed by atoms with Crippen molar-refractivity contribution >= 4 is 28.6 Å². The van der Waals surface area contributed by atoms with Gasteiger partial charge in [-0.2, -0.15) is 11.3 Å². The largest absolute Gasteiger partial charge is 0.493 e. The van der Waals surface area contributed by atoms with Gasteiger partial charge in [0.15, 0.2) is 11.5 Å². The van der Waals surface area contributed by atoms with E-state index in [1.54, 1.807) is 18.4 Å². The summed E-state index contributed by atoms with van der Waals surface area (Å²) in [6, 6.07) is 5.86.